The Balaban J connectivity index is 1.67. The molecule has 1 saturated carbocycles. The van der Waals surface area contributed by atoms with E-state index >= 15 is 0 Å². The van der Waals surface area contributed by atoms with Crippen LogP contribution in [0.4, 0.5) is 0 Å². The van der Waals surface area contributed by atoms with Crippen LogP contribution in [0.1, 0.15) is 64.2 Å². The van der Waals surface area contributed by atoms with Crippen LogP contribution in [0.15, 0.2) is 21.5 Å². The smallest absolute Gasteiger partial charge is 0.250 e. The molecule has 5 nitrogen and oxygen atoms in total. The van der Waals surface area contributed by atoms with Crippen LogP contribution in [0.5, 0.6) is 0 Å². The molecule has 1 aliphatic carbocycles. The maximum Gasteiger partial charge on any atom is 0.250 e. The first kappa shape index (κ1) is 18.2. The van der Waals surface area contributed by atoms with Gasteiger partial charge in [0.05, 0.1) is 5.56 Å². The van der Waals surface area contributed by atoms with Crippen LogP contribution in [0.25, 0.3) is 17.5 Å². The third-order valence-corrected chi connectivity index (χ3v) is 7.48. The molecule has 2 aromatic heterocycles. The topological polar surface area (TPSA) is 60.9 Å². The largest absolute Gasteiger partial charge is 0.348 e. The Kier molecular flexibility index (Phi) is 4.17. The van der Waals surface area contributed by atoms with E-state index in [-0.39, 0.29) is 16.3 Å². The predicted molar refractivity (Wildman–Crippen MR) is 106 cm³/mol. The Labute approximate surface area is 160 Å². The summed E-state index contributed by atoms with van der Waals surface area (Å²) >= 11 is 0. The van der Waals surface area contributed by atoms with Gasteiger partial charge in [0.2, 0.25) is 5.82 Å². The van der Waals surface area contributed by atoms with Crippen molar-refractivity contribution < 1.29 is 4.52 Å². The second kappa shape index (κ2) is 6.18. The van der Waals surface area contributed by atoms with Crippen LogP contribution in [0.2, 0.25) is 0 Å². The van der Waals surface area contributed by atoms with Gasteiger partial charge in [-0.3, -0.25) is 4.79 Å². The van der Waals surface area contributed by atoms with Gasteiger partial charge in [0.1, 0.15) is 0 Å². The van der Waals surface area contributed by atoms with Gasteiger partial charge in [0.25, 0.3) is 5.89 Å². The third-order valence-electron chi connectivity index (χ3n) is 7.48. The zero-order valence-corrected chi connectivity index (χ0v) is 17.0. The molecule has 2 aromatic rings. The highest BCUT2D eigenvalue weighted by atomic mass is 16.5. The fourth-order valence-corrected chi connectivity index (χ4v) is 4.77. The lowest BCUT2D eigenvalue weighted by Gasteiger charge is -2.38. The summed E-state index contributed by atoms with van der Waals surface area (Å²) in [5, 5.41) is 4.12. The van der Waals surface area contributed by atoms with E-state index in [2.05, 4.69) is 48.5 Å². The van der Waals surface area contributed by atoms with E-state index in [9.17, 15) is 4.79 Å². The lowest BCUT2D eigenvalue weighted by Crippen LogP contribution is -2.31. The van der Waals surface area contributed by atoms with Crippen molar-refractivity contribution in [2.24, 2.45) is 16.7 Å². The summed E-state index contributed by atoms with van der Waals surface area (Å²) in [4.78, 5) is 17.1. The predicted octanol–water partition coefficient (Wildman–Crippen LogP) is 4.63. The Morgan fingerprint density at radius 1 is 1.33 bits per heavy atom. The first-order chi connectivity index (χ1) is 12.7. The summed E-state index contributed by atoms with van der Waals surface area (Å²) in [6.45, 7) is 12.2. The van der Waals surface area contributed by atoms with Gasteiger partial charge in [-0.15, -0.1) is 0 Å². The molecular weight excluding hydrogens is 338 g/mol. The number of rotatable bonds is 3. The fourth-order valence-electron chi connectivity index (χ4n) is 4.77. The Hall–Kier alpha value is -2.17. The van der Waals surface area contributed by atoms with Crippen LogP contribution in [0, 0.1) is 23.7 Å². The number of pyridine rings is 1. The maximum absolute atomic E-state index is 12.6. The number of aromatic nitrogens is 3. The van der Waals surface area contributed by atoms with E-state index in [1.54, 1.807) is 6.07 Å². The molecule has 0 bridgehead atoms. The molecule has 5 heteroatoms. The number of hydrogen-bond donors (Lipinski definition) is 0. The van der Waals surface area contributed by atoms with Crippen molar-refractivity contribution in [3.8, 4) is 11.4 Å². The molecule has 2 aliphatic rings. The SMILES string of the molecule is Cc1cc(=O)c(-c2noc(/C=C/C3(C)CCC(C)C3(C)C)n2)c2n1CCC2. The standard InChI is InChI=1S/C22H29N3O2/c1-14-8-10-22(5,21(14,3)4)11-9-18-23-20(24-27-18)19-16-7-6-12-25(16)15(2)13-17(19)26/h9,11,13-14H,6-8,10,12H2,1-5H3/b11-9+. The van der Waals surface area contributed by atoms with Crippen LogP contribution in [0.3, 0.4) is 0 Å². The average Bonchev–Trinajstić information content (AvgIpc) is 3.31. The Morgan fingerprint density at radius 3 is 2.81 bits per heavy atom. The highest BCUT2D eigenvalue weighted by Gasteiger charge is 2.47. The van der Waals surface area contributed by atoms with E-state index in [4.69, 9.17) is 4.52 Å². The molecule has 0 saturated heterocycles. The molecule has 27 heavy (non-hydrogen) atoms. The highest BCUT2D eigenvalue weighted by molar-refractivity contribution is 5.60. The van der Waals surface area contributed by atoms with Crippen molar-refractivity contribution in [3.05, 3.63) is 39.6 Å². The Bertz CT molecular complexity index is 966. The third kappa shape index (κ3) is 2.79. The van der Waals surface area contributed by atoms with Crippen molar-refractivity contribution in [3.63, 3.8) is 0 Å². The Morgan fingerprint density at radius 2 is 2.11 bits per heavy atom. The van der Waals surface area contributed by atoms with E-state index in [1.165, 1.54) is 6.42 Å². The molecule has 2 unspecified atom stereocenters. The molecule has 0 radical (unpaired) electrons. The summed E-state index contributed by atoms with van der Waals surface area (Å²) in [6.07, 6.45) is 8.48. The van der Waals surface area contributed by atoms with E-state index in [0.717, 1.165) is 37.2 Å². The second-order valence-corrected chi connectivity index (χ2v) is 9.10. The number of aryl methyl sites for hydroxylation is 1. The van der Waals surface area contributed by atoms with Gasteiger partial charge in [-0.1, -0.05) is 38.9 Å². The average molecular weight is 367 g/mol. The number of hydrogen-bond acceptors (Lipinski definition) is 4. The van der Waals surface area contributed by atoms with Gasteiger partial charge in [0.15, 0.2) is 5.43 Å². The van der Waals surface area contributed by atoms with Crippen molar-refractivity contribution in [2.45, 2.75) is 66.8 Å². The van der Waals surface area contributed by atoms with Crippen molar-refractivity contribution in [2.75, 3.05) is 0 Å². The first-order valence-electron chi connectivity index (χ1n) is 9.99. The molecule has 0 amide bonds. The summed E-state index contributed by atoms with van der Waals surface area (Å²) in [6, 6.07) is 1.68. The summed E-state index contributed by atoms with van der Waals surface area (Å²) in [7, 11) is 0. The number of fused-ring (bicyclic) bond motifs is 1. The summed E-state index contributed by atoms with van der Waals surface area (Å²) < 4.78 is 7.67. The normalized spacial score (nSPS) is 26.8. The van der Waals surface area contributed by atoms with Gasteiger partial charge in [0, 0.05) is 24.0 Å². The molecule has 2 atom stereocenters. The van der Waals surface area contributed by atoms with E-state index < -0.39 is 0 Å². The molecule has 3 heterocycles. The molecule has 4 rings (SSSR count). The number of allylic oxidation sites excluding steroid dienone is 1. The first-order valence-corrected chi connectivity index (χ1v) is 9.99. The van der Waals surface area contributed by atoms with Gasteiger partial charge < -0.3 is 9.09 Å². The zero-order chi connectivity index (χ0) is 19.4. The number of nitrogens with zero attached hydrogens (tertiary/aromatic N) is 3. The molecule has 1 fully saturated rings. The van der Waals surface area contributed by atoms with Crippen molar-refractivity contribution in [1.29, 1.82) is 0 Å². The molecule has 0 spiro atoms. The molecule has 144 valence electrons. The molecule has 0 aromatic carbocycles. The van der Waals surface area contributed by atoms with Gasteiger partial charge >= 0.3 is 0 Å². The van der Waals surface area contributed by atoms with Crippen LogP contribution in [-0.2, 0) is 13.0 Å². The second-order valence-electron chi connectivity index (χ2n) is 9.10. The highest BCUT2D eigenvalue weighted by Crippen LogP contribution is 2.56. The maximum atomic E-state index is 12.6. The lowest BCUT2D eigenvalue weighted by molar-refractivity contribution is 0.145. The van der Waals surface area contributed by atoms with Crippen LogP contribution < -0.4 is 5.43 Å². The van der Waals surface area contributed by atoms with Crippen molar-refractivity contribution in [1.82, 2.24) is 14.7 Å². The van der Waals surface area contributed by atoms with Gasteiger partial charge in [-0.25, -0.2) is 0 Å². The van der Waals surface area contributed by atoms with Crippen molar-refractivity contribution >= 4 is 6.08 Å². The van der Waals surface area contributed by atoms with Crippen LogP contribution in [-0.4, -0.2) is 14.7 Å². The fraction of sp³-hybridized carbons (Fsp3) is 0.591. The minimum atomic E-state index is -0.0188. The minimum Gasteiger partial charge on any atom is -0.348 e. The molecular formula is C22H29N3O2. The van der Waals surface area contributed by atoms with E-state index in [1.807, 2.05) is 13.0 Å². The summed E-state index contributed by atoms with van der Waals surface area (Å²) in [5.41, 5.74) is 2.95. The minimum absolute atomic E-state index is 0.0188. The monoisotopic (exact) mass is 367 g/mol. The van der Waals surface area contributed by atoms with E-state index in [0.29, 0.717) is 23.2 Å². The lowest BCUT2D eigenvalue weighted by atomic mass is 9.66. The zero-order valence-electron chi connectivity index (χ0n) is 17.0. The summed E-state index contributed by atoms with van der Waals surface area (Å²) in [5.74, 6) is 1.56. The quantitative estimate of drug-likeness (QED) is 0.793. The molecule has 0 N–H and O–H groups in total. The van der Waals surface area contributed by atoms with Crippen LogP contribution >= 0.6 is 0 Å². The molecule has 1 aliphatic heterocycles. The van der Waals surface area contributed by atoms with Gasteiger partial charge in [-0.2, -0.15) is 4.98 Å². The van der Waals surface area contributed by atoms with Gasteiger partial charge in [-0.05, 0) is 55.4 Å².